The third-order valence-electron chi connectivity index (χ3n) is 2.40. The van der Waals surface area contributed by atoms with Gasteiger partial charge in [-0.15, -0.1) is 0 Å². The fourth-order valence-corrected chi connectivity index (χ4v) is 1.50. The summed E-state index contributed by atoms with van der Waals surface area (Å²) in [6, 6.07) is 8.52. The van der Waals surface area contributed by atoms with Crippen molar-refractivity contribution in [3.8, 4) is 16.9 Å². The van der Waals surface area contributed by atoms with Gasteiger partial charge in [0, 0.05) is 18.3 Å². The second-order valence-corrected chi connectivity index (χ2v) is 3.49. The Morgan fingerprint density at radius 3 is 2.50 bits per heavy atom. The molecule has 2 rings (SSSR count). The van der Waals surface area contributed by atoms with Gasteiger partial charge < -0.3 is 15.8 Å². The summed E-state index contributed by atoms with van der Waals surface area (Å²) in [5, 5.41) is 9.17. The van der Waals surface area contributed by atoms with Crippen LogP contribution in [-0.2, 0) is 6.54 Å². The molecule has 16 heavy (non-hydrogen) atoms. The number of rotatable bonds is 2. The molecule has 0 atom stereocenters. The number of nitrogens with two attached hydrogens (primary N) is 1. The van der Waals surface area contributed by atoms with Crippen molar-refractivity contribution in [2.75, 3.05) is 0 Å². The van der Waals surface area contributed by atoms with E-state index < -0.39 is 0 Å². The van der Waals surface area contributed by atoms with E-state index in [1.54, 1.807) is 36.5 Å². The van der Waals surface area contributed by atoms with Crippen molar-refractivity contribution >= 4 is 0 Å². The highest BCUT2D eigenvalue weighted by Crippen LogP contribution is 2.20. The molecule has 4 heteroatoms. The van der Waals surface area contributed by atoms with Crippen LogP contribution < -0.4 is 11.3 Å². The van der Waals surface area contributed by atoms with Gasteiger partial charge in [0.15, 0.2) is 0 Å². The molecule has 1 heterocycles. The Labute approximate surface area is 92.4 Å². The predicted molar refractivity (Wildman–Crippen MR) is 62.1 cm³/mol. The summed E-state index contributed by atoms with van der Waals surface area (Å²) < 4.78 is 0. The molecule has 0 spiro atoms. The summed E-state index contributed by atoms with van der Waals surface area (Å²) in [5.74, 6) is 0.215. The highest BCUT2D eigenvalue weighted by molar-refractivity contribution is 5.63. The van der Waals surface area contributed by atoms with Gasteiger partial charge in [-0.2, -0.15) is 0 Å². The molecule has 0 amide bonds. The van der Waals surface area contributed by atoms with Gasteiger partial charge >= 0.3 is 0 Å². The van der Waals surface area contributed by atoms with Crippen LogP contribution in [0.15, 0.2) is 41.3 Å². The van der Waals surface area contributed by atoms with Gasteiger partial charge in [-0.1, -0.05) is 12.1 Å². The molecule has 0 aliphatic carbocycles. The highest BCUT2D eigenvalue weighted by atomic mass is 16.3. The van der Waals surface area contributed by atoms with E-state index in [9.17, 15) is 9.90 Å². The van der Waals surface area contributed by atoms with Crippen LogP contribution in [0.1, 0.15) is 5.56 Å². The number of hydrogen-bond donors (Lipinski definition) is 3. The van der Waals surface area contributed by atoms with Gasteiger partial charge in [0.2, 0.25) is 0 Å². The Bertz CT molecular complexity index is 544. The number of phenolic OH excluding ortho intramolecular Hbond substituents is 1. The average molecular weight is 216 g/mol. The van der Waals surface area contributed by atoms with E-state index in [0.29, 0.717) is 5.56 Å². The molecule has 1 aromatic heterocycles. The van der Waals surface area contributed by atoms with Crippen LogP contribution in [0.3, 0.4) is 0 Å². The van der Waals surface area contributed by atoms with Crippen molar-refractivity contribution in [1.82, 2.24) is 4.98 Å². The van der Waals surface area contributed by atoms with E-state index in [4.69, 9.17) is 5.73 Å². The van der Waals surface area contributed by atoms with Crippen molar-refractivity contribution in [2.24, 2.45) is 5.73 Å². The molecule has 0 saturated heterocycles. The van der Waals surface area contributed by atoms with Crippen molar-refractivity contribution in [1.29, 1.82) is 0 Å². The normalized spacial score (nSPS) is 10.3. The molecular formula is C12H12N2O2. The third kappa shape index (κ3) is 1.97. The van der Waals surface area contributed by atoms with Crippen LogP contribution >= 0.6 is 0 Å². The first kappa shape index (κ1) is 10.4. The maximum absolute atomic E-state index is 11.3. The fourth-order valence-electron chi connectivity index (χ4n) is 1.50. The SMILES string of the molecule is NCc1cc(-c2ccc(O)cc2)c[nH]c1=O. The van der Waals surface area contributed by atoms with Gasteiger partial charge in [-0.3, -0.25) is 4.79 Å². The van der Waals surface area contributed by atoms with Crippen LogP contribution in [0.4, 0.5) is 0 Å². The van der Waals surface area contributed by atoms with Gasteiger partial charge in [0.1, 0.15) is 5.75 Å². The minimum atomic E-state index is -0.162. The standard InChI is InChI=1S/C12H12N2O2/c13-6-9-5-10(7-14-12(9)16)8-1-3-11(15)4-2-8/h1-5,7,15H,6,13H2,(H,14,16). The predicted octanol–water partition coefficient (Wildman–Crippen LogP) is 1.21. The van der Waals surface area contributed by atoms with Crippen LogP contribution in [0.2, 0.25) is 0 Å². The Morgan fingerprint density at radius 2 is 1.88 bits per heavy atom. The number of H-pyrrole nitrogens is 1. The highest BCUT2D eigenvalue weighted by Gasteiger charge is 2.02. The second kappa shape index (κ2) is 4.20. The lowest BCUT2D eigenvalue weighted by Gasteiger charge is -2.03. The quantitative estimate of drug-likeness (QED) is 0.705. The Balaban J connectivity index is 2.48. The zero-order valence-corrected chi connectivity index (χ0v) is 8.60. The molecule has 0 fully saturated rings. The average Bonchev–Trinajstić information content (AvgIpc) is 2.31. The topological polar surface area (TPSA) is 79.1 Å². The number of aromatic nitrogens is 1. The number of nitrogens with one attached hydrogen (secondary N) is 1. The number of pyridine rings is 1. The van der Waals surface area contributed by atoms with Gasteiger partial charge in [-0.05, 0) is 29.3 Å². The first-order valence-corrected chi connectivity index (χ1v) is 4.92. The molecule has 1 aromatic carbocycles. The summed E-state index contributed by atoms with van der Waals surface area (Å²) in [6.07, 6.45) is 1.63. The van der Waals surface area contributed by atoms with E-state index in [1.165, 1.54) is 0 Å². The van der Waals surface area contributed by atoms with Crippen LogP contribution in [0.25, 0.3) is 11.1 Å². The van der Waals surface area contributed by atoms with Gasteiger partial charge in [-0.25, -0.2) is 0 Å². The van der Waals surface area contributed by atoms with Gasteiger partial charge in [0.25, 0.3) is 5.56 Å². The number of hydrogen-bond acceptors (Lipinski definition) is 3. The van der Waals surface area contributed by atoms with E-state index in [0.717, 1.165) is 11.1 Å². The Kier molecular flexibility index (Phi) is 2.74. The lowest BCUT2D eigenvalue weighted by Crippen LogP contribution is -2.15. The molecule has 0 bridgehead atoms. The number of benzene rings is 1. The smallest absolute Gasteiger partial charge is 0.252 e. The molecule has 2 aromatic rings. The second-order valence-electron chi connectivity index (χ2n) is 3.49. The van der Waals surface area contributed by atoms with Crippen molar-refractivity contribution in [3.63, 3.8) is 0 Å². The van der Waals surface area contributed by atoms with E-state index >= 15 is 0 Å². The molecule has 0 aliphatic rings. The molecule has 0 unspecified atom stereocenters. The minimum absolute atomic E-state index is 0.162. The number of phenols is 1. The summed E-state index contributed by atoms with van der Waals surface area (Å²) in [5.41, 5.74) is 7.64. The lowest BCUT2D eigenvalue weighted by atomic mass is 10.1. The van der Waals surface area contributed by atoms with Crippen molar-refractivity contribution < 1.29 is 5.11 Å². The summed E-state index contributed by atoms with van der Waals surface area (Å²) in [6.45, 7) is 0.210. The zero-order valence-electron chi connectivity index (χ0n) is 8.60. The van der Waals surface area contributed by atoms with Crippen LogP contribution in [0.5, 0.6) is 5.75 Å². The van der Waals surface area contributed by atoms with Crippen LogP contribution in [-0.4, -0.2) is 10.1 Å². The van der Waals surface area contributed by atoms with E-state index in [2.05, 4.69) is 4.98 Å². The number of aromatic hydroxyl groups is 1. The van der Waals surface area contributed by atoms with Crippen molar-refractivity contribution in [3.05, 3.63) is 52.4 Å². The fraction of sp³-hybridized carbons (Fsp3) is 0.0833. The molecule has 0 radical (unpaired) electrons. The first-order chi connectivity index (χ1) is 7.70. The van der Waals surface area contributed by atoms with E-state index in [-0.39, 0.29) is 17.9 Å². The molecule has 4 nitrogen and oxygen atoms in total. The maximum Gasteiger partial charge on any atom is 0.252 e. The molecule has 82 valence electrons. The zero-order chi connectivity index (χ0) is 11.5. The number of aromatic amines is 1. The van der Waals surface area contributed by atoms with Crippen LogP contribution in [0, 0.1) is 0 Å². The molecular weight excluding hydrogens is 204 g/mol. The summed E-state index contributed by atoms with van der Waals surface area (Å²) >= 11 is 0. The lowest BCUT2D eigenvalue weighted by molar-refractivity contribution is 0.475. The Morgan fingerprint density at radius 1 is 1.19 bits per heavy atom. The minimum Gasteiger partial charge on any atom is -0.508 e. The summed E-state index contributed by atoms with van der Waals surface area (Å²) in [7, 11) is 0. The first-order valence-electron chi connectivity index (χ1n) is 4.92. The van der Waals surface area contributed by atoms with Gasteiger partial charge in [0.05, 0.1) is 0 Å². The molecule has 4 N–H and O–H groups in total. The molecule has 0 aliphatic heterocycles. The summed E-state index contributed by atoms with van der Waals surface area (Å²) in [4.78, 5) is 13.9. The monoisotopic (exact) mass is 216 g/mol. The van der Waals surface area contributed by atoms with E-state index in [1.807, 2.05) is 0 Å². The van der Waals surface area contributed by atoms with Crippen molar-refractivity contribution in [2.45, 2.75) is 6.54 Å². The Hall–Kier alpha value is -2.07. The molecule has 0 saturated carbocycles. The largest absolute Gasteiger partial charge is 0.508 e. The third-order valence-corrected chi connectivity index (χ3v) is 2.40. The maximum atomic E-state index is 11.3.